The van der Waals surface area contributed by atoms with Gasteiger partial charge in [0.2, 0.25) is 5.88 Å². The van der Waals surface area contributed by atoms with Crippen molar-refractivity contribution < 1.29 is 22.6 Å². The highest BCUT2D eigenvalue weighted by molar-refractivity contribution is 5.48. The van der Waals surface area contributed by atoms with Crippen LogP contribution in [0.25, 0.3) is 0 Å². The molecule has 0 saturated carbocycles. The molecule has 0 saturated heterocycles. The minimum Gasteiger partial charge on any atom is -0.481 e. The molecular formula is C14H13F3N2O2. The van der Waals surface area contributed by atoms with Crippen molar-refractivity contribution in [2.24, 2.45) is 0 Å². The van der Waals surface area contributed by atoms with Gasteiger partial charge in [-0.25, -0.2) is 4.98 Å². The zero-order valence-electron chi connectivity index (χ0n) is 11.1. The second-order valence-corrected chi connectivity index (χ2v) is 4.10. The van der Waals surface area contributed by atoms with Crippen molar-refractivity contribution in [2.75, 3.05) is 12.4 Å². The van der Waals surface area contributed by atoms with E-state index >= 15 is 0 Å². The monoisotopic (exact) mass is 298 g/mol. The van der Waals surface area contributed by atoms with E-state index in [1.54, 1.807) is 24.3 Å². The fourth-order valence-corrected chi connectivity index (χ4v) is 1.67. The molecule has 7 heteroatoms. The first-order chi connectivity index (χ1) is 9.96. The molecular weight excluding hydrogens is 285 g/mol. The van der Waals surface area contributed by atoms with Gasteiger partial charge in [0.25, 0.3) is 0 Å². The number of alkyl halides is 3. The molecule has 0 aliphatic rings. The van der Waals surface area contributed by atoms with Crippen LogP contribution in [0.3, 0.4) is 0 Å². The first kappa shape index (κ1) is 15.0. The number of nitrogens with zero attached hydrogens (tertiary/aromatic N) is 1. The second-order valence-electron chi connectivity index (χ2n) is 4.10. The van der Waals surface area contributed by atoms with E-state index in [1.165, 1.54) is 25.3 Å². The van der Waals surface area contributed by atoms with Crippen LogP contribution in [-0.4, -0.2) is 18.5 Å². The topological polar surface area (TPSA) is 43.4 Å². The van der Waals surface area contributed by atoms with Crippen molar-refractivity contribution >= 4 is 5.69 Å². The molecule has 2 aromatic rings. The van der Waals surface area contributed by atoms with Crippen molar-refractivity contribution in [2.45, 2.75) is 12.9 Å². The van der Waals surface area contributed by atoms with Crippen LogP contribution < -0.4 is 14.8 Å². The lowest BCUT2D eigenvalue weighted by molar-refractivity contribution is -0.274. The number of halogens is 3. The number of nitrogens with one attached hydrogen (secondary N) is 1. The highest BCUT2D eigenvalue weighted by Crippen LogP contribution is 2.25. The lowest BCUT2D eigenvalue weighted by Gasteiger charge is -2.11. The number of pyridine rings is 1. The number of hydrogen-bond acceptors (Lipinski definition) is 4. The van der Waals surface area contributed by atoms with Gasteiger partial charge in [-0.05, 0) is 18.2 Å². The molecule has 1 aromatic carbocycles. The highest BCUT2D eigenvalue weighted by Gasteiger charge is 2.31. The predicted molar refractivity (Wildman–Crippen MR) is 71.2 cm³/mol. The van der Waals surface area contributed by atoms with Crippen LogP contribution in [-0.2, 0) is 6.54 Å². The average molecular weight is 298 g/mol. The van der Waals surface area contributed by atoms with Gasteiger partial charge in [0, 0.05) is 17.8 Å². The molecule has 0 aliphatic heterocycles. The largest absolute Gasteiger partial charge is 0.573 e. The number of anilines is 1. The molecule has 0 spiro atoms. The molecule has 112 valence electrons. The zero-order chi connectivity index (χ0) is 15.3. The van der Waals surface area contributed by atoms with Gasteiger partial charge in [-0.2, -0.15) is 0 Å². The molecule has 4 nitrogen and oxygen atoms in total. The minimum absolute atomic E-state index is 0.272. The molecule has 0 aliphatic carbocycles. The Bertz CT molecular complexity index is 603. The molecule has 0 unspecified atom stereocenters. The molecule has 0 amide bonds. The normalized spacial score (nSPS) is 11.0. The summed E-state index contributed by atoms with van der Waals surface area (Å²) < 4.78 is 45.3. The van der Waals surface area contributed by atoms with Crippen molar-refractivity contribution in [3.63, 3.8) is 0 Å². The quantitative estimate of drug-likeness (QED) is 0.916. The SMILES string of the molecule is COc1cccc(CNc2cccc(OC(F)(F)F)c2)n1. The minimum atomic E-state index is -4.70. The summed E-state index contributed by atoms with van der Waals surface area (Å²) in [4.78, 5) is 4.19. The third-order valence-electron chi connectivity index (χ3n) is 2.53. The maximum absolute atomic E-state index is 12.1. The van der Waals surface area contributed by atoms with Gasteiger partial charge in [0.1, 0.15) is 5.75 Å². The van der Waals surface area contributed by atoms with E-state index < -0.39 is 6.36 Å². The third-order valence-corrected chi connectivity index (χ3v) is 2.53. The van der Waals surface area contributed by atoms with Gasteiger partial charge in [0.15, 0.2) is 0 Å². The van der Waals surface area contributed by atoms with Crippen LogP contribution in [0.5, 0.6) is 11.6 Å². The maximum atomic E-state index is 12.1. The van der Waals surface area contributed by atoms with Crippen LogP contribution in [0.4, 0.5) is 18.9 Å². The smallest absolute Gasteiger partial charge is 0.481 e. The van der Waals surface area contributed by atoms with Crippen LogP contribution in [0, 0.1) is 0 Å². The van der Waals surface area contributed by atoms with Gasteiger partial charge in [-0.1, -0.05) is 12.1 Å². The standard InChI is InChI=1S/C14H13F3N2O2/c1-20-13-7-3-5-11(19-13)9-18-10-4-2-6-12(8-10)21-14(15,16)17/h2-8,18H,9H2,1H3. The fourth-order valence-electron chi connectivity index (χ4n) is 1.67. The van der Waals surface area contributed by atoms with Crippen LogP contribution in [0.15, 0.2) is 42.5 Å². The third kappa shape index (κ3) is 4.87. The molecule has 21 heavy (non-hydrogen) atoms. The average Bonchev–Trinajstić information content (AvgIpc) is 2.44. The van der Waals surface area contributed by atoms with Crippen molar-refractivity contribution in [1.29, 1.82) is 0 Å². The van der Waals surface area contributed by atoms with E-state index in [0.29, 0.717) is 23.8 Å². The van der Waals surface area contributed by atoms with Gasteiger partial charge in [0.05, 0.1) is 19.3 Å². The van der Waals surface area contributed by atoms with Gasteiger partial charge in [-0.15, -0.1) is 13.2 Å². The molecule has 0 radical (unpaired) electrons. The number of aromatic nitrogens is 1. The Balaban J connectivity index is 2.01. The zero-order valence-corrected chi connectivity index (χ0v) is 11.1. The van der Waals surface area contributed by atoms with Crippen LogP contribution in [0.2, 0.25) is 0 Å². The summed E-state index contributed by atoms with van der Waals surface area (Å²) in [5, 5.41) is 2.97. The predicted octanol–water partition coefficient (Wildman–Crippen LogP) is 3.60. The fraction of sp³-hybridized carbons (Fsp3) is 0.214. The lowest BCUT2D eigenvalue weighted by atomic mass is 10.3. The van der Waals surface area contributed by atoms with Gasteiger partial charge >= 0.3 is 6.36 Å². The summed E-state index contributed by atoms with van der Waals surface area (Å²) in [6.07, 6.45) is -4.70. The van der Waals surface area contributed by atoms with Gasteiger partial charge < -0.3 is 14.8 Å². The molecule has 0 fully saturated rings. The van der Waals surface area contributed by atoms with Crippen molar-refractivity contribution in [3.05, 3.63) is 48.2 Å². The molecule has 1 heterocycles. The Morgan fingerprint density at radius 1 is 1.14 bits per heavy atom. The van der Waals surface area contributed by atoms with E-state index in [-0.39, 0.29) is 5.75 Å². The second kappa shape index (κ2) is 6.34. The number of methoxy groups -OCH3 is 1. The Kier molecular flexibility index (Phi) is 4.52. The summed E-state index contributed by atoms with van der Waals surface area (Å²) in [6, 6.07) is 10.9. The number of ether oxygens (including phenoxy) is 2. The maximum Gasteiger partial charge on any atom is 0.573 e. The molecule has 0 bridgehead atoms. The molecule has 2 rings (SSSR count). The highest BCUT2D eigenvalue weighted by atomic mass is 19.4. The first-order valence-electron chi connectivity index (χ1n) is 6.06. The van der Waals surface area contributed by atoms with Crippen molar-refractivity contribution in [3.8, 4) is 11.6 Å². The molecule has 0 atom stereocenters. The summed E-state index contributed by atoms with van der Waals surface area (Å²) >= 11 is 0. The van der Waals surface area contributed by atoms with E-state index in [0.717, 1.165) is 0 Å². The van der Waals surface area contributed by atoms with Crippen molar-refractivity contribution in [1.82, 2.24) is 4.98 Å². The van der Waals surface area contributed by atoms with E-state index in [2.05, 4.69) is 15.0 Å². The summed E-state index contributed by atoms with van der Waals surface area (Å²) in [6.45, 7) is 0.354. The number of rotatable bonds is 5. The number of benzene rings is 1. The molecule has 1 aromatic heterocycles. The summed E-state index contributed by atoms with van der Waals surface area (Å²) in [5.74, 6) is 0.203. The Morgan fingerprint density at radius 3 is 2.62 bits per heavy atom. The van der Waals surface area contributed by atoms with Crippen LogP contribution in [0.1, 0.15) is 5.69 Å². The molecule has 1 N–H and O–H groups in total. The van der Waals surface area contributed by atoms with Gasteiger partial charge in [-0.3, -0.25) is 0 Å². The summed E-state index contributed by atoms with van der Waals surface area (Å²) in [7, 11) is 1.51. The Morgan fingerprint density at radius 2 is 1.90 bits per heavy atom. The first-order valence-corrected chi connectivity index (χ1v) is 6.06. The summed E-state index contributed by atoms with van der Waals surface area (Å²) in [5.41, 5.74) is 1.21. The Hall–Kier alpha value is -2.44. The van der Waals surface area contributed by atoms with E-state index in [9.17, 15) is 13.2 Å². The van der Waals surface area contributed by atoms with E-state index in [4.69, 9.17) is 4.74 Å². The Labute approximate surface area is 119 Å². The van der Waals surface area contributed by atoms with E-state index in [1.807, 2.05) is 0 Å². The van der Waals surface area contributed by atoms with Crippen LogP contribution >= 0.6 is 0 Å². The number of hydrogen-bond donors (Lipinski definition) is 1. The lowest BCUT2D eigenvalue weighted by Crippen LogP contribution is -2.17.